The van der Waals surface area contributed by atoms with E-state index in [0.717, 1.165) is 25.7 Å². The summed E-state index contributed by atoms with van der Waals surface area (Å²) in [6.45, 7) is 2.16. The third-order valence-corrected chi connectivity index (χ3v) is 3.47. The summed E-state index contributed by atoms with van der Waals surface area (Å²) in [5.74, 6) is -0.179. The normalized spacial score (nSPS) is 18.2. The highest BCUT2D eigenvalue weighted by Gasteiger charge is 2.30. The summed E-state index contributed by atoms with van der Waals surface area (Å²) in [5, 5.41) is 0. The Morgan fingerprint density at radius 1 is 1.11 bits per heavy atom. The molecule has 0 amide bonds. The minimum atomic E-state index is -0.329. The Kier molecular flexibility index (Phi) is 8.02. The van der Waals surface area contributed by atoms with Crippen molar-refractivity contribution in [2.45, 2.75) is 50.5 Å². The highest BCUT2D eigenvalue weighted by Crippen LogP contribution is 2.28. The van der Waals surface area contributed by atoms with Gasteiger partial charge in [-0.15, -0.1) is 0 Å². The minimum absolute atomic E-state index is 0.179. The first-order valence-electron chi connectivity index (χ1n) is 7.17. The molecular weight excluding hydrogens is 246 g/mol. The summed E-state index contributed by atoms with van der Waals surface area (Å²) >= 11 is 0. The summed E-state index contributed by atoms with van der Waals surface area (Å²) in [6, 6.07) is 0. The molecule has 0 aromatic heterocycles. The Bertz CT molecular complexity index is 252. The molecule has 5 nitrogen and oxygen atoms in total. The fourth-order valence-electron chi connectivity index (χ4n) is 2.36. The fourth-order valence-corrected chi connectivity index (χ4v) is 2.36. The topological polar surface area (TPSA) is 70.8 Å². The van der Waals surface area contributed by atoms with Crippen LogP contribution in [0.25, 0.3) is 0 Å². The van der Waals surface area contributed by atoms with Gasteiger partial charge in [-0.2, -0.15) is 0 Å². The molecule has 0 bridgehead atoms. The van der Waals surface area contributed by atoms with Crippen molar-refractivity contribution in [2.75, 3.05) is 33.5 Å². The van der Waals surface area contributed by atoms with Gasteiger partial charge in [0.15, 0.2) is 0 Å². The molecule has 19 heavy (non-hydrogen) atoms. The van der Waals surface area contributed by atoms with Crippen molar-refractivity contribution in [3.63, 3.8) is 0 Å². The number of carbonyl (C=O) groups is 1. The van der Waals surface area contributed by atoms with Gasteiger partial charge in [-0.25, -0.2) is 0 Å². The van der Waals surface area contributed by atoms with Crippen molar-refractivity contribution in [1.82, 2.24) is 0 Å². The second-order valence-corrected chi connectivity index (χ2v) is 5.28. The summed E-state index contributed by atoms with van der Waals surface area (Å²) < 4.78 is 15.3. The molecule has 0 radical (unpaired) electrons. The molecule has 2 N–H and O–H groups in total. The molecule has 0 aliphatic heterocycles. The molecule has 1 aliphatic carbocycles. The fraction of sp³-hybridized carbons (Fsp3) is 0.929. The molecule has 0 heterocycles. The molecule has 5 heteroatoms. The summed E-state index contributed by atoms with van der Waals surface area (Å²) in [6.07, 6.45) is 6.40. The van der Waals surface area contributed by atoms with E-state index in [1.807, 2.05) is 0 Å². The Labute approximate surface area is 115 Å². The van der Waals surface area contributed by atoms with Gasteiger partial charge in [0.25, 0.3) is 0 Å². The molecular formula is C14H27NO4. The average molecular weight is 273 g/mol. The predicted octanol–water partition coefficient (Wildman–Crippen LogP) is 1.63. The van der Waals surface area contributed by atoms with Crippen molar-refractivity contribution in [1.29, 1.82) is 0 Å². The van der Waals surface area contributed by atoms with E-state index in [2.05, 4.69) is 0 Å². The van der Waals surface area contributed by atoms with Gasteiger partial charge in [0, 0.05) is 25.7 Å². The second-order valence-electron chi connectivity index (χ2n) is 5.28. The van der Waals surface area contributed by atoms with Crippen LogP contribution < -0.4 is 5.73 Å². The minimum Gasteiger partial charge on any atom is -0.466 e. The summed E-state index contributed by atoms with van der Waals surface area (Å²) in [5.41, 5.74) is 5.88. The first kappa shape index (κ1) is 16.4. The number of nitrogens with two attached hydrogens (primary N) is 1. The van der Waals surface area contributed by atoms with Crippen LogP contribution in [0.2, 0.25) is 0 Å². The highest BCUT2D eigenvalue weighted by atomic mass is 16.5. The molecule has 0 aromatic rings. The van der Waals surface area contributed by atoms with Crippen molar-refractivity contribution in [3.05, 3.63) is 0 Å². The molecule has 1 saturated carbocycles. The van der Waals surface area contributed by atoms with E-state index < -0.39 is 0 Å². The molecule has 112 valence electrons. The lowest BCUT2D eigenvalue weighted by Gasteiger charge is -2.32. The van der Waals surface area contributed by atoms with Gasteiger partial charge in [-0.1, -0.05) is 19.3 Å². The number of ether oxygens (including phenoxy) is 3. The van der Waals surface area contributed by atoms with Crippen molar-refractivity contribution >= 4 is 5.97 Å². The molecule has 1 fully saturated rings. The van der Waals surface area contributed by atoms with Gasteiger partial charge in [0.2, 0.25) is 0 Å². The third kappa shape index (κ3) is 7.50. The SMILES string of the molecule is COCCOCCCOC(=O)CC1(N)CCCCC1. The Balaban J connectivity index is 2.01. The van der Waals surface area contributed by atoms with Gasteiger partial charge in [0.1, 0.15) is 0 Å². The lowest BCUT2D eigenvalue weighted by Crippen LogP contribution is -2.43. The highest BCUT2D eigenvalue weighted by molar-refractivity contribution is 5.70. The number of esters is 1. The van der Waals surface area contributed by atoms with Crippen molar-refractivity contribution in [2.24, 2.45) is 5.73 Å². The molecule has 1 rings (SSSR count). The second kappa shape index (κ2) is 9.28. The molecule has 0 aromatic carbocycles. The average Bonchev–Trinajstić information content (AvgIpc) is 2.38. The predicted molar refractivity (Wildman–Crippen MR) is 72.9 cm³/mol. The zero-order valence-corrected chi connectivity index (χ0v) is 12.0. The Hall–Kier alpha value is -0.650. The quantitative estimate of drug-likeness (QED) is 0.511. The lowest BCUT2D eigenvalue weighted by atomic mass is 9.80. The zero-order chi connectivity index (χ0) is 14.0. The van der Waals surface area contributed by atoms with E-state index in [4.69, 9.17) is 19.9 Å². The van der Waals surface area contributed by atoms with Crippen molar-refractivity contribution < 1.29 is 19.0 Å². The van der Waals surface area contributed by atoms with Crippen molar-refractivity contribution in [3.8, 4) is 0 Å². The van der Waals surface area contributed by atoms with Crippen LogP contribution in [0.3, 0.4) is 0 Å². The number of rotatable bonds is 9. The van der Waals surface area contributed by atoms with Gasteiger partial charge < -0.3 is 19.9 Å². The number of hydrogen-bond donors (Lipinski definition) is 1. The molecule has 0 atom stereocenters. The molecule has 1 aliphatic rings. The largest absolute Gasteiger partial charge is 0.466 e. The Morgan fingerprint density at radius 2 is 1.84 bits per heavy atom. The number of hydrogen-bond acceptors (Lipinski definition) is 5. The van der Waals surface area contributed by atoms with Crippen LogP contribution in [0.15, 0.2) is 0 Å². The van der Waals surface area contributed by atoms with Gasteiger partial charge in [0.05, 0.1) is 26.2 Å². The van der Waals surface area contributed by atoms with Crippen LogP contribution in [-0.4, -0.2) is 45.0 Å². The van der Waals surface area contributed by atoms with E-state index in [1.165, 1.54) is 6.42 Å². The van der Waals surface area contributed by atoms with Crippen LogP contribution in [0.1, 0.15) is 44.9 Å². The van der Waals surface area contributed by atoms with Crippen LogP contribution >= 0.6 is 0 Å². The van der Waals surface area contributed by atoms with E-state index >= 15 is 0 Å². The van der Waals surface area contributed by atoms with Gasteiger partial charge >= 0.3 is 5.97 Å². The van der Waals surface area contributed by atoms with Crippen LogP contribution in [0.5, 0.6) is 0 Å². The van der Waals surface area contributed by atoms with Crippen LogP contribution in [0.4, 0.5) is 0 Å². The maximum absolute atomic E-state index is 11.7. The number of methoxy groups -OCH3 is 1. The standard InChI is InChI=1S/C14H27NO4/c1-17-10-11-18-8-5-9-19-13(16)12-14(15)6-3-2-4-7-14/h2-12,15H2,1H3. The number of carbonyl (C=O) groups excluding carboxylic acids is 1. The molecule has 0 unspecified atom stereocenters. The third-order valence-electron chi connectivity index (χ3n) is 3.47. The van der Waals surface area contributed by atoms with E-state index in [1.54, 1.807) is 7.11 Å². The van der Waals surface area contributed by atoms with Crippen LogP contribution in [-0.2, 0) is 19.0 Å². The maximum Gasteiger partial charge on any atom is 0.307 e. The van der Waals surface area contributed by atoms with Gasteiger partial charge in [-0.3, -0.25) is 4.79 Å². The monoisotopic (exact) mass is 273 g/mol. The van der Waals surface area contributed by atoms with E-state index in [9.17, 15) is 4.79 Å². The smallest absolute Gasteiger partial charge is 0.307 e. The zero-order valence-electron chi connectivity index (χ0n) is 12.0. The first-order chi connectivity index (χ1) is 9.16. The molecule has 0 saturated heterocycles. The Morgan fingerprint density at radius 3 is 2.53 bits per heavy atom. The molecule has 0 spiro atoms. The van der Waals surface area contributed by atoms with Crippen LogP contribution in [0, 0.1) is 0 Å². The van der Waals surface area contributed by atoms with E-state index in [-0.39, 0.29) is 11.5 Å². The summed E-state index contributed by atoms with van der Waals surface area (Å²) in [4.78, 5) is 11.7. The van der Waals surface area contributed by atoms with Gasteiger partial charge in [-0.05, 0) is 12.8 Å². The first-order valence-corrected chi connectivity index (χ1v) is 7.17. The lowest BCUT2D eigenvalue weighted by molar-refractivity contribution is -0.145. The maximum atomic E-state index is 11.7. The van der Waals surface area contributed by atoms with E-state index in [0.29, 0.717) is 39.3 Å². The summed E-state index contributed by atoms with van der Waals surface area (Å²) in [7, 11) is 1.64.